The highest BCUT2D eigenvalue weighted by atomic mass is 35.5. The van der Waals surface area contributed by atoms with Crippen LogP contribution in [0.4, 0.5) is 8.78 Å². The molecule has 1 aromatic carbocycles. The summed E-state index contributed by atoms with van der Waals surface area (Å²) in [4.78, 5) is 0. The van der Waals surface area contributed by atoms with E-state index in [1.165, 1.54) is 12.1 Å². The van der Waals surface area contributed by atoms with Crippen LogP contribution >= 0.6 is 11.6 Å². The maximum Gasteiger partial charge on any atom is 0.281 e. The fourth-order valence-electron chi connectivity index (χ4n) is 2.70. The van der Waals surface area contributed by atoms with E-state index in [0.29, 0.717) is 12.8 Å². The first-order valence-electron chi connectivity index (χ1n) is 5.86. The fraction of sp³-hybridized carbons (Fsp3) is 0.538. The number of benzene rings is 1. The molecule has 94 valence electrons. The van der Waals surface area contributed by atoms with Crippen molar-refractivity contribution >= 4 is 11.6 Å². The number of hydrogen-bond acceptors (Lipinski definition) is 1. The second kappa shape index (κ2) is 4.54. The predicted molar refractivity (Wildman–Crippen MR) is 65.3 cm³/mol. The van der Waals surface area contributed by atoms with Crippen LogP contribution < -0.4 is 5.73 Å². The van der Waals surface area contributed by atoms with Crippen molar-refractivity contribution in [2.75, 3.05) is 6.54 Å². The van der Waals surface area contributed by atoms with Gasteiger partial charge in [0.1, 0.15) is 0 Å². The van der Waals surface area contributed by atoms with Crippen LogP contribution in [0.15, 0.2) is 24.3 Å². The molecule has 0 radical (unpaired) electrons. The molecular weight excluding hydrogens is 244 g/mol. The lowest BCUT2D eigenvalue weighted by molar-refractivity contribution is -0.123. The molecule has 0 unspecified atom stereocenters. The van der Waals surface area contributed by atoms with E-state index in [4.69, 9.17) is 17.3 Å². The average molecular weight is 260 g/mol. The van der Waals surface area contributed by atoms with E-state index < -0.39 is 11.3 Å². The molecule has 2 N–H and O–H groups in total. The highest BCUT2D eigenvalue weighted by molar-refractivity contribution is 6.31. The molecule has 0 bridgehead atoms. The monoisotopic (exact) mass is 259 g/mol. The maximum atomic E-state index is 14.6. The minimum Gasteiger partial charge on any atom is -0.330 e. The molecule has 0 spiro atoms. The smallest absolute Gasteiger partial charge is 0.281 e. The third-order valence-corrected chi connectivity index (χ3v) is 4.16. The number of rotatable bonds is 3. The lowest BCUT2D eigenvalue weighted by Crippen LogP contribution is -2.43. The molecule has 1 aliphatic rings. The Morgan fingerprint density at radius 1 is 1.24 bits per heavy atom. The van der Waals surface area contributed by atoms with Gasteiger partial charge in [-0.3, -0.25) is 0 Å². The average Bonchev–Trinajstić information content (AvgIpc) is 2.79. The van der Waals surface area contributed by atoms with E-state index in [0.717, 1.165) is 12.8 Å². The molecule has 4 heteroatoms. The lowest BCUT2D eigenvalue weighted by Gasteiger charge is -2.36. The summed E-state index contributed by atoms with van der Waals surface area (Å²) in [7, 11) is 0. The van der Waals surface area contributed by atoms with Crippen molar-refractivity contribution in [3.05, 3.63) is 34.9 Å². The first-order valence-corrected chi connectivity index (χ1v) is 6.24. The third kappa shape index (κ3) is 1.95. The van der Waals surface area contributed by atoms with Gasteiger partial charge in [0.2, 0.25) is 0 Å². The van der Waals surface area contributed by atoms with Gasteiger partial charge in [-0.05, 0) is 18.9 Å². The summed E-state index contributed by atoms with van der Waals surface area (Å²) in [6.07, 6.45) is 2.58. The molecule has 0 saturated heterocycles. The molecule has 2 rings (SSSR count). The fourth-order valence-corrected chi connectivity index (χ4v) is 2.95. The minimum absolute atomic E-state index is 0.00518. The third-order valence-electron chi connectivity index (χ3n) is 3.83. The van der Waals surface area contributed by atoms with Crippen molar-refractivity contribution in [3.8, 4) is 0 Å². The zero-order chi connectivity index (χ0) is 12.5. The molecule has 0 aromatic heterocycles. The normalized spacial score (nSPS) is 19.5. The van der Waals surface area contributed by atoms with Gasteiger partial charge in [0.25, 0.3) is 5.92 Å². The number of halogens is 3. The van der Waals surface area contributed by atoms with Gasteiger partial charge < -0.3 is 5.73 Å². The van der Waals surface area contributed by atoms with Gasteiger partial charge in [0, 0.05) is 17.1 Å². The van der Waals surface area contributed by atoms with Crippen LogP contribution in [0.5, 0.6) is 0 Å². The van der Waals surface area contributed by atoms with Crippen LogP contribution in [0.1, 0.15) is 31.2 Å². The molecule has 0 heterocycles. The first kappa shape index (κ1) is 12.8. The Morgan fingerprint density at radius 2 is 1.82 bits per heavy atom. The SMILES string of the molecule is NCC1(C(F)(F)c2ccccc2Cl)CCCC1. The van der Waals surface area contributed by atoms with Gasteiger partial charge >= 0.3 is 0 Å². The van der Waals surface area contributed by atoms with Crippen LogP contribution in [0.2, 0.25) is 5.02 Å². The highest BCUT2D eigenvalue weighted by Crippen LogP contribution is 2.55. The Balaban J connectivity index is 2.45. The largest absolute Gasteiger partial charge is 0.330 e. The number of nitrogens with two attached hydrogens (primary N) is 1. The Morgan fingerprint density at radius 3 is 2.35 bits per heavy atom. The zero-order valence-corrected chi connectivity index (χ0v) is 10.3. The van der Waals surface area contributed by atoms with Crippen LogP contribution in [0.3, 0.4) is 0 Å². The van der Waals surface area contributed by atoms with Crippen molar-refractivity contribution in [2.45, 2.75) is 31.6 Å². The molecule has 0 amide bonds. The molecule has 1 nitrogen and oxygen atoms in total. The minimum atomic E-state index is -2.95. The van der Waals surface area contributed by atoms with E-state index in [-0.39, 0.29) is 17.1 Å². The van der Waals surface area contributed by atoms with E-state index in [9.17, 15) is 8.78 Å². The van der Waals surface area contributed by atoms with Crippen molar-refractivity contribution in [2.24, 2.45) is 11.1 Å². The molecule has 0 aliphatic heterocycles. The Bertz CT molecular complexity index is 400. The summed E-state index contributed by atoms with van der Waals surface area (Å²) in [5.74, 6) is -2.95. The van der Waals surface area contributed by atoms with Crippen molar-refractivity contribution in [1.29, 1.82) is 0 Å². The summed E-state index contributed by atoms with van der Waals surface area (Å²) in [5, 5.41) is 0.122. The Hall–Kier alpha value is -0.670. The van der Waals surface area contributed by atoms with E-state index in [2.05, 4.69) is 0 Å². The van der Waals surface area contributed by atoms with E-state index >= 15 is 0 Å². The van der Waals surface area contributed by atoms with Crippen LogP contribution in [-0.4, -0.2) is 6.54 Å². The topological polar surface area (TPSA) is 26.0 Å². The van der Waals surface area contributed by atoms with Crippen LogP contribution in [0, 0.1) is 5.41 Å². The van der Waals surface area contributed by atoms with Crippen molar-refractivity contribution in [3.63, 3.8) is 0 Å². The highest BCUT2D eigenvalue weighted by Gasteiger charge is 2.55. The van der Waals surface area contributed by atoms with Gasteiger partial charge in [-0.1, -0.05) is 42.6 Å². The summed E-state index contributed by atoms with van der Waals surface area (Å²) >= 11 is 5.89. The van der Waals surface area contributed by atoms with Crippen LogP contribution in [-0.2, 0) is 5.92 Å². The molecule has 1 fully saturated rings. The molecule has 1 aliphatic carbocycles. The van der Waals surface area contributed by atoms with Gasteiger partial charge in [-0.25, -0.2) is 8.78 Å². The zero-order valence-electron chi connectivity index (χ0n) is 9.56. The van der Waals surface area contributed by atoms with Gasteiger partial charge in [-0.2, -0.15) is 0 Å². The molecular formula is C13H16ClF2N. The molecule has 1 saturated carbocycles. The standard InChI is InChI=1S/C13H16ClF2N/c14-11-6-2-1-5-10(11)13(15,16)12(9-17)7-3-4-8-12/h1-2,5-6H,3-4,7-9,17H2. The van der Waals surface area contributed by atoms with Crippen molar-refractivity contribution < 1.29 is 8.78 Å². The quantitative estimate of drug-likeness (QED) is 0.874. The first-order chi connectivity index (χ1) is 8.03. The molecule has 17 heavy (non-hydrogen) atoms. The second-order valence-electron chi connectivity index (χ2n) is 4.75. The number of hydrogen-bond donors (Lipinski definition) is 1. The summed E-state index contributed by atoms with van der Waals surface area (Å²) in [6.45, 7) is 0.00518. The summed E-state index contributed by atoms with van der Waals surface area (Å²) in [6, 6.07) is 6.15. The van der Waals surface area contributed by atoms with E-state index in [1.807, 2.05) is 0 Å². The summed E-state index contributed by atoms with van der Waals surface area (Å²) < 4.78 is 29.2. The van der Waals surface area contributed by atoms with Gasteiger partial charge in [-0.15, -0.1) is 0 Å². The molecule has 1 aromatic rings. The summed E-state index contributed by atoms with van der Waals surface area (Å²) in [5.41, 5.74) is 4.42. The predicted octanol–water partition coefficient (Wildman–Crippen LogP) is 3.95. The van der Waals surface area contributed by atoms with Crippen molar-refractivity contribution in [1.82, 2.24) is 0 Å². The Kier molecular flexibility index (Phi) is 3.41. The Labute approximate surface area is 105 Å². The lowest BCUT2D eigenvalue weighted by atomic mass is 9.76. The second-order valence-corrected chi connectivity index (χ2v) is 5.15. The maximum absolute atomic E-state index is 14.6. The van der Waals surface area contributed by atoms with E-state index in [1.54, 1.807) is 12.1 Å². The van der Waals surface area contributed by atoms with Gasteiger partial charge in [0.05, 0.1) is 5.41 Å². The number of alkyl halides is 2. The van der Waals surface area contributed by atoms with Crippen LogP contribution in [0.25, 0.3) is 0 Å². The molecule has 0 atom stereocenters. The van der Waals surface area contributed by atoms with Gasteiger partial charge in [0.15, 0.2) is 0 Å².